The summed E-state index contributed by atoms with van der Waals surface area (Å²) in [6.07, 6.45) is 6.82. The number of aromatic nitrogens is 1. The molecule has 2 aliphatic carbocycles. The number of nitrogens with one attached hydrogen (secondary N) is 3. The lowest BCUT2D eigenvalue weighted by molar-refractivity contribution is -0.142. The zero-order valence-corrected chi connectivity index (χ0v) is 34.1. The van der Waals surface area contributed by atoms with Gasteiger partial charge in [0.05, 0.1) is 25.0 Å². The van der Waals surface area contributed by atoms with Crippen LogP contribution in [0.15, 0.2) is 42.6 Å². The number of alkyl carbamates (subject to hydrolysis) is 1. The van der Waals surface area contributed by atoms with Crippen molar-refractivity contribution in [2.45, 2.75) is 114 Å². The van der Waals surface area contributed by atoms with Crippen molar-refractivity contribution >= 4 is 44.6 Å². The van der Waals surface area contributed by atoms with Gasteiger partial charge in [-0.05, 0) is 102 Å². The van der Waals surface area contributed by atoms with Crippen molar-refractivity contribution in [2.75, 3.05) is 27.4 Å². The molecule has 0 radical (unpaired) electrons. The fourth-order valence-corrected chi connectivity index (χ4v) is 9.04. The molecule has 3 heterocycles. The molecule has 2 saturated carbocycles. The van der Waals surface area contributed by atoms with Gasteiger partial charge in [0.2, 0.25) is 27.7 Å². The first-order valence-corrected chi connectivity index (χ1v) is 20.8. The summed E-state index contributed by atoms with van der Waals surface area (Å²) in [6, 6.07) is 4.95. The van der Waals surface area contributed by atoms with E-state index in [1.165, 1.54) is 12.0 Å². The van der Waals surface area contributed by atoms with Crippen LogP contribution in [0.5, 0.6) is 11.6 Å². The smallest absolute Gasteiger partial charge is 0.408 e. The molecule has 1 aromatic heterocycles. The van der Waals surface area contributed by atoms with E-state index in [1.54, 1.807) is 47.1 Å². The summed E-state index contributed by atoms with van der Waals surface area (Å²) in [5.41, 5.74) is -2.40. The highest BCUT2D eigenvalue weighted by molar-refractivity contribution is 7.91. The summed E-state index contributed by atoms with van der Waals surface area (Å²) in [7, 11) is -0.909. The monoisotopic (exact) mass is 797 g/mol. The van der Waals surface area contributed by atoms with Crippen LogP contribution in [0.3, 0.4) is 0 Å². The molecule has 2 aliphatic heterocycles. The van der Waals surface area contributed by atoms with Crippen LogP contribution in [0.2, 0.25) is 0 Å². The van der Waals surface area contributed by atoms with Crippen molar-refractivity contribution in [1.29, 1.82) is 0 Å². The van der Waals surface area contributed by atoms with E-state index in [4.69, 9.17) is 18.9 Å². The molecule has 1 aromatic carbocycles. The summed E-state index contributed by atoms with van der Waals surface area (Å²) in [4.78, 5) is 62.7. The van der Waals surface area contributed by atoms with Gasteiger partial charge in [0, 0.05) is 36.9 Å². The van der Waals surface area contributed by atoms with Crippen LogP contribution in [-0.4, -0.2) is 104 Å². The van der Waals surface area contributed by atoms with Gasteiger partial charge in [-0.1, -0.05) is 19.1 Å². The van der Waals surface area contributed by atoms with E-state index in [9.17, 15) is 27.6 Å². The Kier molecular flexibility index (Phi) is 11.6. The SMILES string of the molecule is COC[C@@H]1C[C@H](C)CC/C=C\[C@H]2C[C@]2(C(=O)NS(=O)(=O)C2(C)CC2)NC(=O)[C@@H]2C[C@@H](Oc3nccc4cc(OC)ccc34)CN2C(=O)[C@H]1NC(=O)OC(C)(C)C. The van der Waals surface area contributed by atoms with Crippen molar-refractivity contribution in [3.8, 4) is 11.6 Å². The average Bonchev–Trinajstić information content (AvgIpc) is 4.01. The Balaban J connectivity index is 1.37. The van der Waals surface area contributed by atoms with Crippen molar-refractivity contribution < 1.29 is 46.5 Å². The molecule has 0 unspecified atom stereocenters. The van der Waals surface area contributed by atoms with Crippen LogP contribution in [0.1, 0.15) is 79.6 Å². The summed E-state index contributed by atoms with van der Waals surface area (Å²) >= 11 is 0. The number of ether oxygens (including phenoxy) is 4. The number of pyridine rings is 1. The molecule has 2 aromatic rings. The number of hydrogen-bond acceptors (Lipinski definition) is 11. The summed E-state index contributed by atoms with van der Waals surface area (Å²) in [5.74, 6) is -1.94. The molecular weight excluding hydrogens is 743 g/mol. The lowest BCUT2D eigenvalue weighted by atomic mass is 9.87. The Hall–Kier alpha value is -4.44. The van der Waals surface area contributed by atoms with E-state index in [2.05, 4.69) is 27.3 Å². The van der Waals surface area contributed by atoms with Gasteiger partial charge in [-0.3, -0.25) is 19.1 Å². The van der Waals surface area contributed by atoms with Crippen molar-refractivity contribution in [2.24, 2.45) is 17.8 Å². The van der Waals surface area contributed by atoms with E-state index in [0.717, 1.165) is 11.8 Å². The number of allylic oxidation sites excluding steroid dienone is 1. The fourth-order valence-electron chi connectivity index (χ4n) is 7.73. The molecule has 3 fully saturated rings. The third-order valence-corrected chi connectivity index (χ3v) is 13.5. The maximum Gasteiger partial charge on any atom is 0.408 e. The highest BCUT2D eigenvalue weighted by Crippen LogP contribution is 2.47. The van der Waals surface area contributed by atoms with E-state index in [-0.39, 0.29) is 31.9 Å². The first-order valence-electron chi connectivity index (χ1n) is 19.3. The molecule has 306 valence electrons. The predicted octanol–water partition coefficient (Wildman–Crippen LogP) is 4.00. The molecule has 15 nitrogen and oxygen atoms in total. The number of amides is 4. The molecule has 3 N–H and O–H groups in total. The van der Waals surface area contributed by atoms with Crippen molar-refractivity contribution in [1.82, 2.24) is 25.2 Å². The average molecular weight is 798 g/mol. The molecule has 4 amide bonds. The van der Waals surface area contributed by atoms with Crippen LogP contribution in [-0.2, 0) is 33.9 Å². The highest BCUT2D eigenvalue weighted by atomic mass is 32.2. The lowest BCUT2D eigenvalue weighted by Crippen LogP contribution is -2.60. The first-order chi connectivity index (χ1) is 26.4. The zero-order chi connectivity index (χ0) is 40.6. The number of methoxy groups -OCH3 is 2. The van der Waals surface area contributed by atoms with E-state index in [1.807, 2.05) is 30.4 Å². The van der Waals surface area contributed by atoms with Gasteiger partial charge in [-0.25, -0.2) is 18.2 Å². The number of sulfonamides is 1. The maximum absolute atomic E-state index is 15.0. The molecule has 4 aliphatic rings. The second kappa shape index (κ2) is 15.8. The van der Waals surface area contributed by atoms with Crippen LogP contribution >= 0.6 is 0 Å². The van der Waals surface area contributed by atoms with Gasteiger partial charge in [0.1, 0.15) is 35.1 Å². The normalized spacial score (nSPS) is 29.7. The first kappa shape index (κ1) is 41.2. The van der Waals surface area contributed by atoms with Gasteiger partial charge in [0.15, 0.2) is 0 Å². The van der Waals surface area contributed by atoms with Crippen LogP contribution in [0.4, 0.5) is 4.79 Å². The van der Waals surface area contributed by atoms with Crippen molar-refractivity contribution in [3.63, 3.8) is 0 Å². The number of carbonyl (C=O) groups is 4. The number of benzene rings is 1. The Morgan fingerprint density at radius 3 is 2.54 bits per heavy atom. The molecule has 16 heteroatoms. The van der Waals surface area contributed by atoms with Gasteiger partial charge in [-0.15, -0.1) is 0 Å². The molecule has 0 bridgehead atoms. The second-order valence-electron chi connectivity index (χ2n) is 17.0. The third kappa shape index (κ3) is 8.90. The Morgan fingerprint density at radius 1 is 1.11 bits per heavy atom. The molecule has 0 spiro atoms. The predicted molar refractivity (Wildman–Crippen MR) is 207 cm³/mol. The van der Waals surface area contributed by atoms with Gasteiger partial charge in [0.25, 0.3) is 5.91 Å². The summed E-state index contributed by atoms with van der Waals surface area (Å²) < 4.78 is 50.7. The minimum atomic E-state index is -4.01. The topological polar surface area (TPSA) is 192 Å². The summed E-state index contributed by atoms with van der Waals surface area (Å²) in [5, 5.41) is 7.22. The maximum atomic E-state index is 15.0. The van der Waals surface area contributed by atoms with Crippen LogP contribution < -0.4 is 24.8 Å². The highest BCUT2D eigenvalue weighted by Gasteiger charge is 2.63. The van der Waals surface area contributed by atoms with Crippen LogP contribution in [0, 0.1) is 17.8 Å². The Bertz CT molecular complexity index is 1980. The van der Waals surface area contributed by atoms with Gasteiger partial charge < -0.3 is 34.5 Å². The quantitative estimate of drug-likeness (QED) is 0.311. The number of carbonyl (C=O) groups excluding carboxylic acids is 4. The number of hydrogen-bond donors (Lipinski definition) is 3. The van der Waals surface area contributed by atoms with Crippen LogP contribution in [0.25, 0.3) is 10.8 Å². The van der Waals surface area contributed by atoms with Gasteiger partial charge in [-0.2, -0.15) is 0 Å². The third-order valence-electron chi connectivity index (χ3n) is 11.3. The lowest BCUT2D eigenvalue weighted by Gasteiger charge is -2.34. The molecular formula is C40H55N5O10S. The van der Waals surface area contributed by atoms with E-state index in [0.29, 0.717) is 42.7 Å². The largest absolute Gasteiger partial charge is 0.497 e. The number of fused-ring (bicyclic) bond motifs is 3. The molecule has 1 saturated heterocycles. The minimum Gasteiger partial charge on any atom is -0.497 e. The summed E-state index contributed by atoms with van der Waals surface area (Å²) in [6.45, 7) is 8.90. The Morgan fingerprint density at radius 2 is 1.86 bits per heavy atom. The fraction of sp³-hybridized carbons (Fsp3) is 0.625. The van der Waals surface area contributed by atoms with Crippen molar-refractivity contribution in [3.05, 3.63) is 42.6 Å². The Labute approximate surface area is 328 Å². The standard InChI is InChI=1S/C40H55N5O10S/c1-24-10-8-9-11-27-21-40(27,36(48)44-56(50,51)39(5)15-16-39)43-33(46)31-20-29(54-34-30-13-12-28(53-7)19-25(30)14-17-41-34)22-45(31)35(47)32(26(18-24)23-52-6)42-37(49)55-38(2,3)4/h9,11-14,17,19,24,26-27,29,31-32H,8,10,15-16,18,20-23H2,1-7H3,(H,42,49)(H,43,46)(H,44,48)/b11-9-/t24-,26+,27+,29-,31+,32+,40+/m1/s1. The molecule has 7 atom stereocenters. The van der Waals surface area contributed by atoms with E-state index >= 15 is 0 Å². The number of nitrogens with zero attached hydrogens (tertiary/aromatic N) is 2. The number of rotatable bonds is 9. The zero-order valence-electron chi connectivity index (χ0n) is 33.3. The molecule has 56 heavy (non-hydrogen) atoms. The second-order valence-corrected chi connectivity index (χ2v) is 19.2. The van der Waals surface area contributed by atoms with Gasteiger partial charge >= 0.3 is 6.09 Å². The minimum absolute atomic E-state index is 0.0187. The molecule has 6 rings (SSSR count). The van der Waals surface area contributed by atoms with E-state index < -0.39 is 79.7 Å².